The van der Waals surface area contributed by atoms with Gasteiger partial charge in [-0.2, -0.15) is 0 Å². The lowest BCUT2D eigenvalue weighted by molar-refractivity contribution is 0.0699. The number of nitrogens with two attached hydrogens (primary N) is 1. The summed E-state index contributed by atoms with van der Waals surface area (Å²) in [6.45, 7) is 3.35. The molecule has 0 atom stereocenters. The number of fused-ring (bicyclic) bond motifs is 1. The van der Waals surface area contributed by atoms with Crippen molar-refractivity contribution in [2.45, 2.75) is 26.3 Å². The first-order valence-electron chi connectivity index (χ1n) is 6.23. The van der Waals surface area contributed by atoms with Gasteiger partial charge >= 0.3 is 5.97 Å². The summed E-state index contributed by atoms with van der Waals surface area (Å²) in [6, 6.07) is 5.40. The molecular weight excluding hydrogens is 228 g/mol. The number of nitrogens with zero attached hydrogens (tertiary/aromatic N) is 1. The summed E-state index contributed by atoms with van der Waals surface area (Å²) in [5.74, 6) is -0.872. The highest BCUT2D eigenvalue weighted by molar-refractivity contribution is 6.04. The predicted molar refractivity (Wildman–Crippen MR) is 71.9 cm³/mol. The first kappa shape index (κ1) is 12.6. The molecule has 0 bridgehead atoms. The van der Waals surface area contributed by atoms with Gasteiger partial charge in [-0.3, -0.25) is 0 Å². The zero-order valence-corrected chi connectivity index (χ0v) is 10.5. The van der Waals surface area contributed by atoms with E-state index < -0.39 is 5.97 Å². The van der Waals surface area contributed by atoms with Crippen LogP contribution in [-0.2, 0) is 13.0 Å². The van der Waals surface area contributed by atoms with Crippen LogP contribution in [0.25, 0.3) is 10.9 Å². The predicted octanol–water partition coefficient (Wildman–Crippen LogP) is 2.25. The summed E-state index contributed by atoms with van der Waals surface area (Å²) in [4.78, 5) is 11.3. The SMILES string of the molecule is CCCc1cn(CCN)c2cccc(C(=O)O)c12. The molecule has 2 aromatic rings. The third kappa shape index (κ3) is 2.11. The zero-order valence-electron chi connectivity index (χ0n) is 10.5. The zero-order chi connectivity index (χ0) is 13.1. The maximum atomic E-state index is 11.3. The molecule has 0 fully saturated rings. The highest BCUT2D eigenvalue weighted by Gasteiger charge is 2.15. The molecule has 4 nitrogen and oxygen atoms in total. The number of aromatic nitrogens is 1. The van der Waals surface area contributed by atoms with E-state index in [9.17, 15) is 9.90 Å². The molecule has 3 N–H and O–H groups in total. The molecule has 0 radical (unpaired) electrons. The first-order chi connectivity index (χ1) is 8.69. The lowest BCUT2D eigenvalue weighted by Crippen LogP contribution is -2.08. The van der Waals surface area contributed by atoms with Crippen molar-refractivity contribution in [3.05, 3.63) is 35.5 Å². The summed E-state index contributed by atoms with van der Waals surface area (Å²) in [7, 11) is 0. The summed E-state index contributed by atoms with van der Waals surface area (Å²) >= 11 is 0. The third-order valence-electron chi connectivity index (χ3n) is 3.10. The van der Waals surface area contributed by atoms with E-state index in [1.54, 1.807) is 12.1 Å². The minimum atomic E-state index is -0.872. The number of rotatable bonds is 5. The van der Waals surface area contributed by atoms with Gasteiger partial charge in [-0.1, -0.05) is 19.4 Å². The second-order valence-electron chi connectivity index (χ2n) is 4.39. The molecule has 4 heteroatoms. The van der Waals surface area contributed by atoms with E-state index in [1.165, 1.54) is 0 Å². The Balaban J connectivity index is 2.70. The lowest BCUT2D eigenvalue weighted by Gasteiger charge is -2.03. The van der Waals surface area contributed by atoms with Crippen LogP contribution in [-0.4, -0.2) is 22.2 Å². The van der Waals surface area contributed by atoms with E-state index in [-0.39, 0.29) is 0 Å². The van der Waals surface area contributed by atoms with Gasteiger partial charge in [0.25, 0.3) is 0 Å². The van der Waals surface area contributed by atoms with Crippen molar-refractivity contribution in [3.63, 3.8) is 0 Å². The van der Waals surface area contributed by atoms with Gasteiger partial charge in [0, 0.05) is 30.2 Å². The van der Waals surface area contributed by atoms with Crippen molar-refractivity contribution in [1.29, 1.82) is 0 Å². The standard InChI is InChI=1S/C14H18N2O2/c1-2-4-10-9-16(8-7-15)12-6-3-5-11(13(10)12)14(17)18/h3,5-6,9H,2,4,7-8,15H2,1H3,(H,17,18). The van der Waals surface area contributed by atoms with Gasteiger partial charge in [-0.05, 0) is 24.1 Å². The summed E-state index contributed by atoms with van der Waals surface area (Å²) in [6.07, 6.45) is 3.92. The largest absolute Gasteiger partial charge is 0.478 e. The van der Waals surface area contributed by atoms with E-state index in [4.69, 9.17) is 5.73 Å². The van der Waals surface area contributed by atoms with Crippen molar-refractivity contribution < 1.29 is 9.90 Å². The van der Waals surface area contributed by atoms with Gasteiger partial charge in [0.05, 0.1) is 5.56 Å². The molecule has 0 unspecified atom stereocenters. The van der Waals surface area contributed by atoms with Crippen LogP contribution in [0.1, 0.15) is 29.3 Å². The molecule has 18 heavy (non-hydrogen) atoms. The van der Waals surface area contributed by atoms with Gasteiger partial charge in [0.1, 0.15) is 0 Å². The fraction of sp³-hybridized carbons (Fsp3) is 0.357. The van der Waals surface area contributed by atoms with Gasteiger partial charge in [-0.25, -0.2) is 4.79 Å². The normalized spacial score (nSPS) is 11.0. The summed E-state index contributed by atoms with van der Waals surface area (Å²) < 4.78 is 2.05. The molecule has 0 aliphatic rings. The van der Waals surface area contributed by atoms with Crippen molar-refractivity contribution in [3.8, 4) is 0 Å². The fourth-order valence-corrected chi connectivity index (χ4v) is 2.40. The number of aryl methyl sites for hydroxylation is 1. The fourth-order valence-electron chi connectivity index (χ4n) is 2.40. The van der Waals surface area contributed by atoms with Crippen LogP contribution in [0, 0.1) is 0 Å². The van der Waals surface area contributed by atoms with Gasteiger partial charge in [0.15, 0.2) is 0 Å². The molecule has 1 aromatic heterocycles. The molecule has 96 valence electrons. The smallest absolute Gasteiger partial charge is 0.336 e. The van der Waals surface area contributed by atoms with Crippen LogP contribution in [0.2, 0.25) is 0 Å². The van der Waals surface area contributed by atoms with Crippen LogP contribution in [0.4, 0.5) is 0 Å². The molecule has 0 saturated heterocycles. The van der Waals surface area contributed by atoms with Crippen molar-refractivity contribution in [1.82, 2.24) is 4.57 Å². The monoisotopic (exact) mass is 246 g/mol. The Kier molecular flexibility index (Phi) is 3.67. The molecule has 1 aromatic carbocycles. The maximum Gasteiger partial charge on any atom is 0.336 e. The van der Waals surface area contributed by atoms with E-state index in [1.807, 2.05) is 16.8 Å². The van der Waals surface area contributed by atoms with Gasteiger partial charge in [0.2, 0.25) is 0 Å². The van der Waals surface area contributed by atoms with E-state index in [0.717, 1.165) is 29.3 Å². The van der Waals surface area contributed by atoms with Crippen LogP contribution in [0.5, 0.6) is 0 Å². The van der Waals surface area contributed by atoms with Gasteiger partial charge < -0.3 is 15.4 Å². The Morgan fingerprint density at radius 3 is 2.83 bits per heavy atom. The average molecular weight is 246 g/mol. The Morgan fingerprint density at radius 2 is 2.22 bits per heavy atom. The number of aromatic carboxylic acids is 1. The highest BCUT2D eigenvalue weighted by Crippen LogP contribution is 2.26. The Morgan fingerprint density at radius 1 is 1.44 bits per heavy atom. The lowest BCUT2D eigenvalue weighted by atomic mass is 10.0. The van der Waals surface area contributed by atoms with Crippen molar-refractivity contribution >= 4 is 16.9 Å². The van der Waals surface area contributed by atoms with E-state index in [0.29, 0.717) is 18.7 Å². The van der Waals surface area contributed by atoms with Crippen molar-refractivity contribution in [2.24, 2.45) is 5.73 Å². The second-order valence-corrected chi connectivity index (χ2v) is 4.39. The number of benzene rings is 1. The Bertz CT molecular complexity index is 572. The third-order valence-corrected chi connectivity index (χ3v) is 3.10. The van der Waals surface area contributed by atoms with Crippen molar-refractivity contribution in [2.75, 3.05) is 6.54 Å². The average Bonchev–Trinajstić information content (AvgIpc) is 2.69. The molecule has 1 heterocycles. The molecule has 0 spiro atoms. The molecule has 0 aliphatic heterocycles. The van der Waals surface area contributed by atoms with Gasteiger partial charge in [-0.15, -0.1) is 0 Å². The second kappa shape index (κ2) is 5.23. The van der Waals surface area contributed by atoms with Crippen LogP contribution < -0.4 is 5.73 Å². The van der Waals surface area contributed by atoms with Crippen LogP contribution in [0.3, 0.4) is 0 Å². The molecule has 0 aliphatic carbocycles. The number of carboxylic acids is 1. The molecule has 0 saturated carbocycles. The topological polar surface area (TPSA) is 68.2 Å². The molecule has 2 rings (SSSR count). The number of carbonyl (C=O) groups is 1. The number of carboxylic acid groups (broad SMARTS) is 1. The highest BCUT2D eigenvalue weighted by atomic mass is 16.4. The number of hydrogen-bond acceptors (Lipinski definition) is 2. The number of hydrogen-bond donors (Lipinski definition) is 2. The quantitative estimate of drug-likeness (QED) is 0.850. The van der Waals surface area contributed by atoms with Crippen LogP contribution >= 0.6 is 0 Å². The Labute approximate surface area is 106 Å². The van der Waals surface area contributed by atoms with Crippen LogP contribution in [0.15, 0.2) is 24.4 Å². The maximum absolute atomic E-state index is 11.3. The molecular formula is C14H18N2O2. The van der Waals surface area contributed by atoms with E-state index in [2.05, 4.69) is 6.92 Å². The molecule has 0 amide bonds. The van der Waals surface area contributed by atoms with E-state index >= 15 is 0 Å². The summed E-state index contributed by atoms with van der Waals surface area (Å²) in [5.41, 5.74) is 8.03. The Hall–Kier alpha value is -1.81. The minimum absolute atomic E-state index is 0.381. The first-order valence-corrected chi connectivity index (χ1v) is 6.23. The summed E-state index contributed by atoms with van der Waals surface area (Å²) in [5, 5.41) is 10.1. The minimum Gasteiger partial charge on any atom is -0.478 e.